The van der Waals surface area contributed by atoms with Crippen LogP contribution in [0.1, 0.15) is 16.7 Å². The third-order valence-corrected chi connectivity index (χ3v) is 9.12. The van der Waals surface area contributed by atoms with E-state index in [4.69, 9.17) is 14.4 Å². The van der Waals surface area contributed by atoms with Gasteiger partial charge in [-0.25, -0.2) is 9.97 Å². The molecule has 0 unspecified atom stereocenters. The quantitative estimate of drug-likeness (QED) is 0.189. The van der Waals surface area contributed by atoms with E-state index in [1.807, 2.05) is 126 Å². The van der Waals surface area contributed by atoms with E-state index in [1.165, 1.54) is 0 Å². The summed E-state index contributed by atoms with van der Waals surface area (Å²) >= 11 is 0. The first kappa shape index (κ1) is 28.7. The van der Waals surface area contributed by atoms with Crippen LogP contribution in [0.2, 0.25) is 0 Å². The fourth-order valence-corrected chi connectivity index (χ4v) is 6.98. The fourth-order valence-electron chi connectivity index (χ4n) is 6.98. The topological polar surface area (TPSA) is 115 Å². The molecule has 230 valence electrons. The molecule has 0 bridgehead atoms. The molecule has 0 amide bonds. The number of hydrogen-bond acceptors (Lipinski definition) is 6. The first-order valence-electron chi connectivity index (χ1n) is 15.9. The Kier molecular flexibility index (Phi) is 6.49. The number of furan rings is 1. The molecule has 0 spiro atoms. The van der Waals surface area contributed by atoms with Crippen molar-refractivity contribution in [2.75, 3.05) is 0 Å². The molecule has 0 saturated heterocycles. The molecule has 0 saturated carbocycles. The minimum Gasteiger partial charge on any atom is -0.456 e. The summed E-state index contributed by atoms with van der Waals surface area (Å²) in [5.41, 5.74) is 7.16. The predicted octanol–water partition coefficient (Wildman–Crippen LogP) is 10.1. The van der Waals surface area contributed by atoms with Gasteiger partial charge in [-0.2, -0.15) is 15.8 Å². The predicted molar refractivity (Wildman–Crippen MR) is 194 cm³/mol. The van der Waals surface area contributed by atoms with Crippen LogP contribution in [0.25, 0.3) is 83.3 Å². The third-order valence-electron chi connectivity index (χ3n) is 9.12. The summed E-state index contributed by atoms with van der Waals surface area (Å²) < 4.78 is 8.28. The average molecular weight is 639 g/mol. The number of hydrogen-bond donors (Lipinski definition) is 0. The van der Waals surface area contributed by atoms with Crippen molar-refractivity contribution < 1.29 is 4.42 Å². The lowest BCUT2D eigenvalue weighted by Gasteiger charge is -2.16. The highest BCUT2D eigenvalue weighted by atomic mass is 16.3. The molecule has 0 atom stereocenters. The minimum absolute atomic E-state index is 0.250. The van der Waals surface area contributed by atoms with Gasteiger partial charge in [-0.15, -0.1) is 0 Å². The van der Waals surface area contributed by atoms with Crippen LogP contribution in [-0.4, -0.2) is 14.5 Å². The molecule has 7 heteroatoms. The van der Waals surface area contributed by atoms with Crippen LogP contribution in [0, 0.1) is 34.0 Å². The molecule has 6 aromatic carbocycles. The SMILES string of the molecule is N#Cc1cc(-c2nc(-c3ccccc3)nc(-c3ccccc3)c2C#N)cc(C#N)c1-n1c2ccccc2c2ccc3oc4ccccc4c3c21. The number of para-hydroxylation sites is 2. The Bertz CT molecular complexity index is 2920. The zero-order valence-electron chi connectivity index (χ0n) is 26.3. The summed E-state index contributed by atoms with van der Waals surface area (Å²) in [5.74, 6) is 0.427. The highest BCUT2D eigenvalue weighted by Crippen LogP contribution is 2.43. The second-order valence-electron chi connectivity index (χ2n) is 11.9. The molecule has 0 N–H and O–H groups in total. The third kappa shape index (κ3) is 4.27. The first-order valence-corrected chi connectivity index (χ1v) is 15.9. The van der Waals surface area contributed by atoms with E-state index in [-0.39, 0.29) is 16.7 Å². The van der Waals surface area contributed by atoms with Gasteiger partial charge in [0.25, 0.3) is 0 Å². The molecule has 50 heavy (non-hydrogen) atoms. The highest BCUT2D eigenvalue weighted by molar-refractivity contribution is 6.24. The van der Waals surface area contributed by atoms with E-state index in [9.17, 15) is 15.8 Å². The largest absolute Gasteiger partial charge is 0.456 e. The van der Waals surface area contributed by atoms with Crippen molar-refractivity contribution in [1.29, 1.82) is 15.8 Å². The molecule has 3 heterocycles. The Morgan fingerprint density at radius 3 is 1.80 bits per heavy atom. The molecule has 0 aliphatic carbocycles. The summed E-state index contributed by atoms with van der Waals surface area (Å²) in [6.45, 7) is 0. The Labute approximate surface area is 285 Å². The van der Waals surface area contributed by atoms with Crippen molar-refractivity contribution in [3.05, 3.63) is 150 Å². The lowest BCUT2D eigenvalue weighted by molar-refractivity contribution is 0.669. The van der Waals surface area contributed by atoms with Crippen molar-refractivity contribution >= 4 is 43.7 Å². The van der Waals surface area contributed by atoms with Crippen molar-refractivity contribution in [1.82, 2.24) is 14.5 Å². The van der Waals surface area contributed by atoms with E-state index < -0.39 is 0 Å². The van der Waals surface area contributed by atoms with Gasteiger partial charge in [0.15, 0.2) is 5.82 Å². The maximum Gasteiger partial charge on any atom is 0.160 e. The molecule has 0 radical (unpaired) electrons. The molecule has 0 aliphatic rings. The van der Waals surface area contributed by atoms with Gasteiger partial charge >= 0.3 is 0 Å². The molecular formula is C43H22N6O. The molecule has 7 nitrogen and oxygen atoms in total. The van der Waals surface area contributed by atoms with Crippen molar-refractivity contribution in [3.8, 4) is 57.8 Å². The summed E-state index contributed by atoms with van der Waals surface area (Å²) in [6, 6.07) is 49.4. The van der Waals surface area contributed by atoms with E-state index in [0.717, 1.165) is 49.3 Å². The molecule has 0 aliphatic heterocycles. The van der Waals surface area contributed by atoms with Crippen LogP contribution < -0.4 is 0 Å². The number of benzene rings is 6. The van der Waals surface area contributed by atoms with Gasteiger partial charge in [-0.3, -0.25) is 0 Å². The smallest absolute Gasteiger partial charge is 0.160 e. The summed E-state index contributed by atoms with van der Waals surface area (Å²) in [5, 5.41) is 36.0. The number of aromatic nitrogens is 3. The van der Waals surface area contributed by atoms with Gasteiger partial charge in [0.2, 0.25) is 0 Å². The second-order valence-corrected chi connectivity index (χ2v) is 11.9. The maximum absolute atomic E-state index is 10.8. The van der Waals surface area contributed by atoms with Gasteiger partial charge in [0, 0.05) is 32.8 Å². The minimum atomic E-state index is 0.250. The molecule has 0 fully saturated rings. The zero-order valence-corrected chi connectivity index (χ0v) is 26.3. The number of rotatable bonds is 4. The van der Waals surface area contributed by atoms with Crippen LogP contribution in [-0.2, 0) is 0 Å². The fraction of sp³-hybridized carbons (Fsp3) is 0. The Balaban J connectivity index is 1.38. The lowest BCUT2D eigenvalue weighted by Crippen LogP contribution is -2.05. The number of fused-ring (bicyclic) bond motifs is 7. The monoisotopic (exact) mass is 638 g/mol. The normalized spacial score (nSPS) is 11.1. The van der Waals surface area contributed by atoms with Gasteiger partial charge < -0.3 is 8.98 Å². The van der Waals surface area contributed by atoms with Crippen LogP contribution in [0.4, 0.5) is 0 Å². The van der Waals surface area contributed by atoms with Gasteiger partial charge in [0.05, 0.1) is 44.6 Å². The first-order chi connectivity index (χ1) is 24.7. The van der Waals surface area contributed by atoms with Crippen molar-refractivity contribution in [3.63, 3.8) is 0 Å². The van der Waals surface area contributed by atoms with Gasteiger partial charge in [0.1, 0.15) is 34.9 Å². The summed E-state index contributed by atoms with van der Waals surface area (Å²) in [6.07, 6.45) is 0. The Hall–Kier alpha value is -7.53. The van der Waals surface area contributed by atoms with E-state index >= 15 is 0 Å². The van der Waals surface area contributed by atoms with E-state index in [1.54, 1.807) is 12.1 Å². The average Bonchev–Trinajstić information content (AvgIpc) is 3.73. The lowest BCUT2D eigenvalue weighted by atomic mass is 9.96. The van der Waals surface area contributed by atoms with Gasteiger partial charge in [-0.05, 0) is 36.4 Å². The maximum atomic E-state index is 10.8. The molecule has 3 aromatic heterocycles. The number of nitrogens with zero attached hydrogens (tertiary/aromatic N) is 6. The highest BCUT2D eigenvalue weighted by Gasteiger charge is 2.25. The van der Waals surface area contributed by atoms with E-state index in [0.29, 0.717) is 34.0 Å². The number of nitriles is 3. The Morgan fingerprint density at radius 1 is 0.520 bits per heavy atom. The summed E-state index contributed by atoms with van der Waals surface area (Å²) in [4.78, 5) is 9.76. The van der Waals surface area contributed by atoms with Crippen molar-refractivity contribution in [2.24, 2.45) is 0 Å². The van der Waals surface area contributed by atoms with E-state index in [2.05, 4.69) is 18.2 Å². The van der Waals surface area contributed by atoms with Crippen molar-refractivity contribution in [2.45, 2.75) is 0 Å². The molecule has 9 aromatic rings. The second kappa shape index (κ2) is 11.3. The standard InChI is InChI=1S/C43H22N6O/c44-23-29-21-28(40-34(25-46)39(26-11-3-1-4-12-26)47-43(48-40)27-13-5-2-6-14-27)22-30(24-45)41(29)49-35-17-9-7-15-31(35)32-19-20-37-38(42(32)49)33-16-8-10-18-36(33)50-37/h1-22H. The molecular weight excluding hydrogens is 617 g/mol. The molecule has 9 rings (SSSR count). The van der Waals surface area contributed by atoms with Gasteiger partial charge in [-0.1, -0.05) is 97.1 Å². The Morgan fingerprint density at radius 2 is 1.12 bits per heavy atom. The van der Waals surface area contributed by atoms with Crippen LogP contribution in [0.3, 0.4) is 0 Å². The van der Waals surface area contributed by atoms with Crippen LogP contribution in [0.5, 0.6) is 0 Å². The van der Waals surface area contributed by atoms with Crippen LogP contribution >= 0.6 is 0 Å². The van der Waals surface area contributed by atoms with Crippen LogP contribution in [0.15, 0.2) is 138 Å². The summed E-state index contributed by atoms with van der Waals surface area (Å²) in [7, 11) is 0. The zero-order chi connectivity index (χ0) is 33.8.